The van der Waals surface area contributed by atoms with Crippen LogP contribution in [0.5, 0.6) is 0 Å². The second-order valence-corrected chi connectivity index (χ2v) is 6.76. The number of carbonyl (C=O) groups is 1. The molecule has 0 aliphatic carbocycles. The lowest BCUT2D eigenvalue weighted by atomic mass is 10.1. The van der Waals surface area contributed by atoms with E-state index in [0.717, 1.165) is 23.3 Å². The molecule has 3 rings (SSSR count). The third-order valence-electron chi connectivity index (χ3n) is 4.45. The van der Waals surface area contributed by atoms with Crippen LogP contribution in [0.15, 0.2) is 78.9 Å². The molecule has 0 spiro atoms. The summed E-state index contributed by atoms with van der Waals surface area (Å²) in [7, 11) is 1.75. The minimum Gasteiger partial charge on any atom is -0.444 e. The summed E-state index contributed by atoms with van der Waals surface area (Å²) in [5.74, 6) is 0. The van der Waals surface area contributed by atoms with Crippen LogP contribution >= 0.6 is 0 Å². The van der Waals surface area contributed by atoms with E-state index < -0.39 is 17.8 Å². The van der Waals surface area contributed by atoms with Gasteiger partial charge in [0.2, 0.25) is 0 Å². The van der Waals surface area contributed by atoms with E-state index in [1.54, 1.807) is 36.2 Å². The molecule has 0 aliphatic rings. The predicted octanol–water partition coefficient (Wildman–Crippen LogP) is 6.09. The first-order valence-corrected chi connectivity index (χ1v) is 9.27. The molecule has 0 saturated carbocycles. The molecule has 0 atom stereocenters. The number of carbonyl (C=O) groups excluding carboxylic acids is 1. The fourth-order valence-corrected chi connectivity index (χ4v) is 2.96. The Morgan fingerprint density at radius 2 is 1.53 bits per heavy atom. The summed E-state index contributed by atoms with van der Waals surface area (Å²) < 4.78 is 44.8. The fraction of sp³-hybridized carbons (Fsp3) is 0.174. The molecule has 4 nitrogen and oxygen atoms in total. The van der Waals surface area contributed by atoms with Crippen molar-refractivity contribution in [3.05, 3.63) is 95.6 Å². The van der Waals surface area contributed by atoms with Crippen LogP contribution in [0.25, 0.3) is 0 Å². The van der Waals surface area contributed by atoms with Gasteiger partial charge in [-0.05, 0) is 29.3 Å². The normalized spacial score (nSPS) is 11.1. The summed E-state index contributed by atoms with van der Waals surface area (Å²) in [4.78, 5) is 14.0. The highest BCUT2D eigenvalue weighted by atomic mass is 19.4. The van der Waals surface area contributed by atoms with E-state index in [4.69, 9.17) is 4.74 Å². The lowest BCUT2D eigenvalue weighted by Gasteiger charge is -2.24. The molecule has 0 aliphatic heterocycles. The zero-order chi connectivity index (χ0) is 21.6. The highest BCUT2D eigenvalue weighted by Crippen LogP contribution is 2.35. The van der Waals surface area contributed by atoms with E-state index in [2.05, 4.69) is 5.32 Å². The molecule has 156 valence electrons. The van der Waals surface area contributed by atoms with Gasteiger partial charge in [-0.25, -0.2) is 4.79 Å². The number of anilines is 2. The van der Waals surface area contributed by atoms with Crippen molar-refractivity contribution in [2.75, 3.05) is 17.3 Å². The third kappa shape index (κ3) is 5.76. The molecule has 0 saturated heterocycles. The van der Waals surface area contributed by atoms with Crippen molar-refractivity contribution in [1.29, 1.82) is 0 Å². The van der Waals surface area contributed by atoms with Crippen molar-refractivity contribution in [1.82, 2.24) is 0 Å². The minimum absolute atomic E-state index is 0.0147. The van der Waals surface area contributed by atoms with Crippen molar-refractivity contribution in [3.63, 3.8) is 0 Å². The number of alkyl halides is 3. The van der Waals surface area contributed by atoms with E-state index in [1.807, 2.05) is 36.4 Å². The smallest absolute Gasteiger partial charge is 0.416 e. The van der Waals surface area contributed by atoms with Crippen LogP contribution in [0.4, 0.5) is 29.3 Å². The first kappa shape index (κ1) is 21.2. The van der Waals surface area contributed by atoms with E-state index in [1.165, 1.54) is 6.07 Å². The molecule has 3 aromatic carbocycles. The van der Waals surface area contributed by atoms with Crippen LogP contribution < -0.4 is 10.2 Å². The van der Waals surface area contributed by atoms with Gasteiger partial charge in [0.25, 0.3) is 0 Å². The summed E-state index contributed by atoms with van der Waals surface area (Å²) in [5.41, 5.74) is 1.39. The molecule has 0 aromatic heterocycles. The molecule has 0 heterocycles. The number of halogens is 3. The van der Waals surface area contributed by atoms with Gasteiger partial charge in [0.15, 0.2) is 0 Å². The summed E-state index contributed by atoms with van der Waals surface area (Å²) in [6, 6.07) is 21.8. The topological polar surface area (TPSA) is 41.6 Å². The first-order chi connectivity index (χ1) is 14.3. The van der Waals surface area contributed by atoms with Crippen LogP contribution in [-0.4, -0.2) is 13.1 Å². The average Bonchev–Trinajstić information content (AvgIpc) is 2.73. The molecule has 0 bridgehead atoms. The molecule has 0 fully saturated rings. The maximum atomic E-state index is 13.2. The summed E-state index contributed by atoms with van der Waals surface area (Å²) >= 11 is 0. The number of benzene rings is 3. The minimum atomic E-state index is -4.53. The lowest BCUT2D eigenvalue weighted by Crippen LogP contribution is -2.21. The van der Waals surface area contributed by atoms with Gasteiger partial charge in [-0.3, -0.25) is 5.32 Å². The fourth-order valence-electron chi connectivity index (χ4n) is 2.96. The van der Waals surface area contributed by atoms with Crippen molar-refractivity contribution >= 4 is 17.5 Å². The Hall–Kier alpha value is -3.48. The molecule has 7 heteroatoms. The molecule has 3 aromatic rings. The number of ether oxygens (including phenoxy) is 1. The van der Waals surface area contributed by atoms with Crippen LogP contribution in [-0.2, 0) is 24.1 Å². The van der Waals surface area contributed by atoms with Crippen molar-refractivity contribution < 1.29 is 22.7 Å². The first-order valence-electron chi connectivity index (χ1n) is 9.27. The van der Waals surface area contributed by atoms with Gasteiger partial charge in [-0.2, -0.15) is 13.2 Å². The second kappa shape index (κ2) is 9.35. The zero-order valence-electron chi connectivity index (χ0n) is 16.3. The van der Waals surface area contributed by atoms with Gasteiger partial charge in [-0.1, -0.05) is 60.7 Å². The van der Waals surface area contributed by atoms with Gasteiger partial charge in [0.1, 0.15) is 6.61 Å². The van der Waals surface area contributed by atoms with Crippen LogP contribution in [0.2, 0.25) is 0 Å². The molecule has 1 N–H and O–H groups in total. The van der Waals surface area contributed by atoms with Crippen molar-refractivity contribution in [3.8, 4) is 0 Å². The maximum Gasteiger partial charge on any atom is 0.416 e. The number of hydrogen-bond donors (Lipinski definition) is 1. The van der Waals surface area contributed by atoms with Crippen molar-refractivity contribution in [2.24, 2.45) is 0 Å². The number of nitrogens with one attached hydrogen (secondary N) is 1. The Balaban J connectivity index is 1.79. The van der Waals surface area contributed by atoms with Gasteiger partial charge in [0, 0.05) is 13.6 Å². The third-order valence-corrected chi connectivity index (χ3v) is 4.45. The van der Waals surface area contributed by atoms with E-state index in [-0.39, 0.29) is 12.3 Å². The van der Waals surface area contributed by atoms with Gasteiger partial charge in [0.05, 0.1) is 16.9 Å². The highest BCUT2D eigenvalue weighted by molar-refractivity contribution is 5.90. The molecule has 0 unspecified atom stereocenters. The van der Waals surface area contributed by atoms with E-state index in [9.17, 15) is 18.0 Å². The van der Waals surface area contributed by atoms with Gasteiger partial charge < -0.3 is 9.64 Å². The molecule has 30 heavy (non-hydrogen) atoms. The lowest BCUT2D eigenvalue weighted by molar-refractivity contribution is -0.137. The number of rotatable bonds is 6. The Morgan fingerprint density at radius 1 is 0.933 bits per heavy atom. The number of nitrogens with zero attached hydrogens (tertiary/aromatic N) is 1. The molecular weight excluding hydrogens is 393 g/mol. The monoisotopic (exact) mass is 414 g/mol. The van der Waals surface area contributed by atoms with Crippen molar-refractivity contribution in [2.45, 2.75) is 19.3 Å². The quantitative estimate of drug-likeness (QED) is 0.531. The zero-order valence-corrected chi connectivity index (χ0v) is 16.3. The second-order valence-electron chi connectivity index (χ2n) is 6.76. The van der Waals surface area contributed by atoms with Gasteiger partial charge >= 0.3 is 12.3 Å². The van der Waals surface area contributed by atoms with E-state index in [0.29, 0.717) is 12.2 Å². The standard InChI is InChI=1S/C23H21F3N2O2/c1-28(15-17-8-4-2-5-9-17)21-13-12-19(23(24,25)26)14-20(21)27-22(29)30-16-18-10-6-3-7-11-18/h2-14H,15-16H2,1H3,(H,27,29). The molecule has 1 amide bonds. The predicted molar refractivity (Wildman–Crippen MR) is 110 cm³/mol. The van der Waals surface area contributed by atoms with Gasteiger partial charge in [-0.15, -0.1) is 0 Å². The Bertz CT molecular complexity index is 977. The Labute approximate surface area is 172 Å². The SMILES string of the molecule is CN(Cc1ccccc1)c1ccc(C(F)(F)F)cc1NC(=O)OCc1ccccc1. The Morgan fingerprint density at radius 3 is 2.13 bits per heavy atom. The highest BCUT2D eigenvalue weighted by Gasteiger charge is 2.31. The number of hydrogen-bond acceptors (Lipinski definition) is 3. The largest absolute Gasteiger partial charge is 0.444 e. The van der Waals surface area contributed by atoms with Crippen LogP contribution in [0.1, 0.15) is 16.7 Å². The molecule has 0 radical (unpaired) electrons. The summed E-state index contributed by atoms with van der Waals surface area (Å²) in [6.45, 7) is 0.473. The number of amides is 1. The average molecular weight is 414 g/mol. The van der Waals surface area contributed by atoms with E-state index >= 15 is 0 Å². The maximum absolute atomic E-state index is 13.2. The summed E-state index contributed by atoms with van der Waals surface area (Å²) in [5, 5.41) is 2.46. The summed E-state index contributed by atoms with van der Waals surface area (Å²) in [6.07, 6.45) is -5.35. The van der Waals surface area contributed by atoms with Crippen LogP contribution in [0.3, 0.4) is 0 Å². The molecular formula is C23H21F3N2O2. The Kier molecular flexibility index (Phi) is 6.61. The van der Waals surface area contributed by atoms with Crippen LogP contribution in [0, 0.1) is 0 Å².